The molecule has 1 fully saturated rings. The van der Waals surface area contributed by atoms with E-state index in [-0.39, 0.29) is 0 Å². The maximum absolute atomic E-state index is 3.25. The van der Waals surface area contributed by atoms with Gasteiger partial charge in [-0.15, -0.1) is 0 Å². The Morgan fingerprint density at radius 3 is 2.62 bits per heavy atom. The maximum Gasteiger partial charge on any atom is 0.0411 e. The van der Waals surface area contributed by atoms with Gasteiger partial charge in [-0.1, -0.05) is 25.1 Å². The molecule has 0 bridgehead atoms. The number of para-hydroxylation sites is 1. The van der Waals surface area contributed by atoms with Crippen molar-refractivity contribution < 1.29 is 0 Å². The normalized spacial score (nSPS) is 17.8. The lowest BCUT2D eigenvalue weighted by atomic mass is 9.98. The zero-order valence-corrected chi connectivity index (χ0v) is 10.4. The Labute approximate surface area is 98.7 Å². The summed E-state index contributed by atoms with van der Waals surface area (Å²) in [4.78, 5) is 2.53. The molecule has 2 heteroatoms. The highest BCUT2D eigenvalue weighted by Gasteiger charge is 2.17. The lowest BCUT2D eigenvalue weighted by molar-refractivity contribution is 0.438. The monoisotopic (exact) mass is 218 g/mol. The average Bonchev–Trinajstić information content (AvgIpc) is 2.32. The van der Waals surface area contributed by atoms with Gasteiger partial charge in [0.25, 0.3) is 0 Å². The van der Waals surface area contributed by atoms with Crippen LogP contribution < -0.4 is 10.2 Å². The zero-order valence-electron chi connectivity index (χ0n) is 10.4. The number of piperidine rings is 1. The van der Waals surface area contributed by atoms with Gasteiger partial charge < -0.3 is 10.2 Å². The van der Waals surface area contributed by atoms with Crippen LogP contribution >= 0.6 is 0 Å². The summed E-state index contributed by atoms with van der Waals surface area (Å²) < 4.78 is 0. The lowest BCUT2D eigenvalue weighted by Crippen LogP contribution is -2.33. The van der Waals surface area contributed by atoms with Crippen LogP contribution in [0.15, 0.2) is 24.3 Å². The van der Waals surface area contributed by atoms with Gasteiger partial charge in [0, 0.05) is 25.3 Å². The highest BCUT2D eigenvalue weighted by Crippen LogP contribution is 2.25. The summed E-state index contributed by atoms with van der Waals surface area (Å²) in [6.07, 6.45) is 2.65. The van der Waals surface area contributed by atoms with Crippen LogP contribution in [0.4, 0.5) is 5.69 Å². The molecule has 1 heterocycles. The van der Waals surface area contributed by atoms with Crippen molar-refractivity contribution in [2.75, 3.05) is 25.0 Å². The second-order valence-electron chi connectivity index (χ2n) is 4.83. The van der Waals surface area contributed by atoms with Gasteiger partial charge in [-0.2, -0.15) is 0 Å². The number of nitrogens with zero attached hydrogens (tertiary/aromatic N) is 1. The van der Waals surface area contributed by atoms with Crippen molar-refractivity contribution in [1.29, 1.82) is 0 Å². The molecule has 0 amide bonds. The first-order chi connectivity index (χ1) is 7.81. The van der Waals surface area contributed by atoms with E-state index in [1.54, 1.807) is 0 Å². The molecule has 1 aliphatic rings. The molecule has 0 saturated carbocycles. The summed E-state index contributed by atoms with van der Waals surface area (Å²) >= 11 is 0. The third-order valence-electron chi connectivity index (χ3n) is 3.48. The molecule has 1 saturated heterocycles. The Kier molecular flexibility index (Phi) is 3.83. The van der Waals surface area contributed by atoms with Gasteiger partial charge in [-0.3, -0.25) is 0 Å². The van der Waals surface area contributed by atoms with E-state index in [1.807, 2.05) is 7.05 Å². The minimum atomic E-state index is 0.896. The van der Waals surface area contributed by atoms with Crippen molar-refractivity contribution >= 4 is 5.69 Å². The van der Waals surface area contributed by atoms with E-state index in [2.05, 4.69) is 41.4 Å². The third-order valence-corrected chi connectivity index (χ3v) is 3.48. The second-order valence-corrected chi connectivity index (χ2v) is 4.83. The zero-order chi connectivity index (χ0) is 11.4. The molecule has 2 rings (SSSR count). The Morgan fingerprint density at radius 1 is 1.25 bits per heavy atom. The highest BCUT2D eigenvalue weighted by atomic mass is 15.1. The molecule has 16 heavy (non-hydrogen) atoms. The van der Waals surface area contributed by atoms with Gasteiger partial charge >= 0.3 is 0 Å². The van der Waals surface area contributed by atoms with E-state index in [0.29, 0.717) is 0 Å². The third kappa shape index (κ3) is 2.56. The van der Waals surface area contributed by atoms with E-state index in [0.717, 1.165) is 12.5 Å². The summed E-state index contributed by atoms with van der Waals surface area (Å²) in [6, 6.07) is 8.75. The standard InChI is InChI=1S/C14H22N2/c1-12-7-9-16(10-8-12)14-6-4-3-5-13(14)11-15-2/h3-6,12,15H,7-11H2,1-2H3. The molecule has 0 aliphatic carbocycles. The molecule has 1 aromatic rings. The predicted molar refractivity (Wildman–Crippen MR) is 69.8 cm³/mol. The van der Waals surface area contributed by atoms with Crippen molar-refractivity contribution in [2.24, 2.45) is 5.92 Å². The van der Waals surface area contributed by atoms with Crippen LogP contribution in [0.5, 0.6) is 0 Å². The van der Waals surface area contributed by atoms with Gasteiger partial charge in [-0.05, 0) is 37.4 Å². The molecule has 88 valence electrons. The first-order valence-corrected chi connectivity index (χ1v) is 6.28. The largest absolute Gasteiger partial charge is 0.371 e. The van der Waals surface area contributed by atoms with Crippen molar-refractivity contribution in [2.45, 2.75) is 26.3 Å². The summed E-state index contributed by atoms with van der Waals surface area (Å²) in [5, 5.41) is 3.25. The number of hydrogen-bond donors (Lipinski definition) is 1. The van der Waals surface area contributed by atoms with Crippen LogP contribution in [0.2, 0.25) is 0 Å². The number of rotatable bonds is 3. The van der Waals surface area contributed by atoms with Crippen molar-refractivity contribution in [3.63, 3.8) is 0 Å². The van der Waals surface area contributed by atoms with Gasteiger partial charge in [0.05, 0.1) is 0 Å². The summed E-state index contributed by atoms with van der Waals surface area (Å²) in [7, 11) is 2.01. The lowest BCUT2D eigenvalue weighted by Gasteiger charge is -2.33. The van der Waals surface area contributed by atoms with Crippen LogP contribution in [-0.2, 0) is 6.54 Å². The topological polar surface area (TPSA) is 15.3 Å². The van der Waals surface area contributed by atoms with Crippen molar-refractivity contribution in [3.05, 3.63) is 29.8 Å². The van der Waals surface area contributed by atoms with Crippen LogP contribution in [0.3, 0.4) is 0 Å². The van der Waals surface area contributed by atoms with Crippen LogP contribution in [0.25, 0.3) is 0 Å². The van der Waals surface area contributed by atoms with Gasteiger partial charge in [0.15, 0.2) is 0 Å². The number of anilines is 1. The first-order valence-electron chi connectivity index (χ1n) is 6.28. The maximum atomic E-state index is 3.25. The number of benzene rings is 1. The average molecular weight is 218 g/mol. The smallest absolute Gasteiger partial charge is 0.0411 e. The Balaban J connectivity index is 2.13. The first kappa shape index (κ1) is 11.5. The fourth-order valence-corrected chi connectivity index (χ4v) is 2.41. The molecule has 0 aromatic heterocycles. The Bertz CT molecular complexity index is 327. The molecule has 0 atom stereocenters. The number of hydrogen-bond acceptors (Lipinski definition) is 2. The van der Waals surface area contributed by atoms with Crippen LogP contribution in [0, 0.1) is 5.92 Å². The summed E-state index contributed by atoms with van der Waals surface area (Å²) in [5.74, 6) is 0.896. The van der Waals surface area contributed by atoms with Crippen LogP contribution in [-0.4, -0.2) is 20.1 Å². The van der Waals surface area contributed by atoms with Crippen molar-refractivity contribution in [3.8, 4) is 0 Å². The Hall–Kier alpha value is -1.02. The fourth-order valence-electron chi connectivity index (χ4n) is 2.41. The summed E-state index contributed by atoms with van der Waals surface area (Å²) in [5.41, 5.74) is 2.84. The second kappa shape index (κ2) is 5.35. The minimum Gasteiger partial charge on any atom is -0.371 e. The highest BCUT2D eigenvalue weighted by molar-refractivity contribution is 5.53. The van der Waals surface area contributed by atoms with E-state index in [4.69, 9.17) is 0 Å². The van der Waals surface area contributed by atoms with E-state index >= 15 is 0 Å². The Morgan fingerprint density at radius 2 is 1.94 bits per heavy atom. The summed E-state index contributed by atoms with van der Waals surface area (Å²) in [6.45, 7) is 5.74. The van der Waals surface area contributed by atoms with Gasteiger partial charge in [0.2, 0.25) is 0 Å². The molecule has 1 aromatic carbocycles. The van der Waals surface area contributed by atoms with Gasteiger partial charge in [-0.25, -0.2) is 0 Å². The fraction of sp³-hybridized carbons (Fsp3) is 0.571. The van der Waals surface area contributed by atoms with E-state index in [9.17, 15) is 0 Å². The molecule has 0 unspecified atom stereocenters. The SMILES string of the molecule is CNCc1ccccc1N1CCC(C)CC1. The predicted octanol–water partition coefficient (Wildman–Crippen LogP) is 2.64. The van der Waals surface area contributed by atoms with E-state index in [1.165, 1.54) is 37.2 Å². The molecule has 1 N–H and O–H groups in total. The number of nitrogens with one attached hydrogen (secondary N) is 1. The van der Waals surface area contributed by atoms with Crippen LogP contribution in [0.1, 0.15) is 25.3 Å². The minimum absolute atomic E-state index is 0.896. The molecule has 2 nitrogen and oxygen atoms in total. The van der Waals surface area contributed by atoms with Crippen molar-refractivity contribution in [1.82, 2.24) is 5.32 Å². The quantitative estimate of drug-likeness (QED) is 0.839. The molecular formula is C14H22N2. The van der Waals surface area contributed by atoms with Gasteiger partial charge in [0.1, 0.15) is 0 Å². The van der Waals surface area contributed by atoms with E-state index < -0.39 is 0 Å². The molecular weight excluding hydrogens is 196 g/mol. The molecule has 0 spiro atoms. The molecule has 0 radical (unpaired) electrons. The molecule has 1 aliphatic heterocycles.